The molecule has 6 amide bonds. The van der Waals surface area contributed by atoms with Crippen LogP contribution in [-0.4, -0.2) is 295 Å². The smallest absolute Gasteiger partial charge is 0.317 e. The van der Waals surface area contributed by atoms with Crippen molar-refractivity contribution in [3.63, 3.8) is 0 Å². The fourth-order valence-corrected chi connectivity index (χ4v) is 12.4. The maximum Gasteiger partial charge on any atom is 0.317 e. The number of hydrogen-bond acceptors (Lipinski definition) is 21. The zero-order chi connectivity index (χ0) is 66.3. The van der Waals surface area contributed by atoms with Crippen molar-refractivity contribution in [2.45, 2.75) is 56.2 Å². The van der Waals surface area contributed by atoms with Crippen molar-refractivity contribution in [2.75, 3.05) is 167 Å². The second-order valence-electron chi connectivity index (χ2n) is 22.2. The van der Waals surface area contributed by atoms with Gasteiger partial charge in [-0.05, 0) is 83.8 Å². The van der Waals surface area contributed by atoms with Crippen LogP contribution < -0.4 is 26.0 Å². The number of likely N-dealkylation sites (tertiary alicyclic amines) is 1. The second kappa shape index (κ2) is 39.9. The molecule has 0 bridgehead atoms. The van der Waals surface area contributed by atoms with Gasteiger partial charge >= 0.3 is 5.97 Å². The predicted octanol–water partition coefficient (Wildman–Crippen LogP) is 0.486. The van der Waals surface area contributed by atoms with Gasteiger partial charge in [-0.25, -0.2) is 8.78 Å². The van der Waals surface area contributed by atoms with E-state index in [2.05, 4.69) is 59.7 Å². The van der Waals surface area contributed by atoms with Gasteiger partial charge in [0.15, 0.2) is 0 Å². The number of aromatic nitrogens is 1. The van der Waals surface area contributed by atoms with Gasteiger partial charge in [0.1, 0.15) is 31.4 Å². The Bertz CT molecular complexity index is 2950. The van der Waals surface area contributed by atoms with Gasteiger partial charge < -0.3 is 55.5 Å². The largest absolute Gasteiger partial charge is 0.494 e. The number of aliphatic carboxylic acids is 1. The molecule has 3 aliphatic heterocycles. The molecule has 26 nitrogen and oxygen atoms in total. The zero-order valence-electron chi connectivity index (χ0n) is 51.4. The summed E-state index contributed by atoms with van der Waals surface area (Å²) >= 11 is 4.91. The van der Waals surface area contributed by atoms with Crippen LogP contribution in [0.2, 0.25) is 0 Å². The van der Waals surface area contributed by atoms with Gasteiger partial charge in [-0.15, -0.1) is 6.42 Å². The summed E-state index contributed by atoms with van der Waals surface area (Å²) in [4.78, 5) is 130. The van der Waals surface area contributed by atoms with Crippen molar-refractivity contribution in [2.24, 2.45) is 0 Å². The number of nitrogens with zero attached hydrogens (tertiary/aromatic N) is 8. The Balaban J connectivity index is 0.932. The first-order valence-electron chi connectivity index (χ1n) is 30.4. The molecule has 3 aliphatic rings. The number of amides is 6. The summed E-state index contributed by atoms with van der Waals surface area (Å²) in [5.41, 5.74) is 1.87. The monoisotopic (exact) mass is 1440 g/mol. The highest BCUT2D eigenvalue weighted by molar-refractivity contribution is 14.1. The van der Waals surface area contributed by atoms with Gasteiger partial charge in [0.05, 0.1) is 49.9 Å². The molecule has 0 radical (unpaired) electrons. The highest BCUT2D eigenvalue weighted by Crippen LogP contribution is 2.32. The summed E-state index contributed by atoms with van der Waals surface area (Å²) in [6.45, 7) is 4.97. The molecule has 1 aromatic heterocycles. The molecule has 3 saturated heterocycles. The van der Waals surface area contributed by atoms with E-state index in [0.29, 0.717) is 146 Å². The number of terminal acetylenes is 1. The number of thioether (sulfide) groups is 2. The summed E-state index contributed by atoms with van der Waals surface area (Å²) in [5.74, 6) is -3.11. The number of aliphatic hydroxyl groups excluding tert-OH is 1. The molecule has 6 rings (SSSR count). The van der Waals surface area contributed by atoms with E-state index in [-0.39, 0.29) is 69.2 Å². The lowest BCUT2D eigenvalue weighted by Crippen LogP contribution is -2.53. The minimum atomic E-state index is -3.11. The van der Waals surface area contributed by atoms with Crippen molar-refractivity contribution in [3.8, 4) is 18.1 Å². The number of alkyl halides is 2. The van der Waals surface area contributed by atoms with Gasteiger partial charge in [-0.1, -0.05) is 18.1 Å². The summed E-state index contributed by atoms with van der Waals surface area (Å²) in [6.07, 6.45) is 7.35. The molecule has 504 valence electrons. The van der Waals surface area contributed by atoms with Crippen LogP contribution in [0.5, 0.6) is 5.75 Å². The number of ether oxygens (including phenoxy) is 3. The topological polar surface area (TPSA) is 305 Å². The molecule has 31 heteroatoms. The quantitative estimate of drug-likeness (QED) is 0.0202. The van der Waals surface area contributed by atoms with Crippen LogP contribution in [0.4, 0.5) is 8.78 Å². The summed E-state index contributed by atoms with van der Waals surface area (Å²) in [5, 5.41) is 32.3. The Morgan fingerprint density at radius 2 is 1.39 bits per heavy atom. The van der Waals surface area contributed by atoms with Gasteiger partial charge in [0, 0.05) is 149 Å². The van der Waals surface area contributed by atoms with Crippen LogP contribution in [-0.2, 0) is 54.3 Å². The minimum absolute atomic E-state index is 0.0171. The molecule has 2 aromatic carbocycles. The fraction of sp³-hybridized carbons (Fsp3) is 0.574. The van der Waals surface area contributed by atoms with Crippen LogP contribution in [0.25, 0.3) is 10.9 Å². The average Bonchev–Trinajstić information content (AvgIpc) is 1.30. The Labute approximate surface area is 556 Å². The second-order valence-corrected chi connectivity index (χ2v) is 25.8. The number of nitrogens with one attached hydrogen (secondary N) is 4. The van der Waals surface area contributed by atoms with E-state index in [1.807, 2.05) is 39.0 Å². The lowest BCUT2D eigenvalue weighted by atomic mass is 10.1. The Kier molecular flexibility index (Phi) is 32.3. The molecule has 0 spiro atoms. The lowest BCUT2D eigenvalue weighted by Gasteiger charge is -2.35. The van der Waals surface area contributed by atoms with Crippen molar-refractivity contribution >= 4 is 111 Å². The number of halogens is 3. The number of aryl methyl sites for hydroxylation is 1. The lowest BCUT2D eigenvalue weighted by molar-refractivity contribution is -0.141. The van der Waals surface area contributed by atoms with Crippen molar-refractivity contribution in [3.05, 3.63) is 69.4 Å². The van der Waals surface area contributed by atoms with E-state index in [0.717, 1.165) is 20.5 Å². The highest BCUT2D eigenvalue weighted by atomic mass is 127. The molecule has 3 aromatic rings. The number of piperazine rings is 1. The average molecular weight is 1440 g/mol. The number of aliphatic hydroxyl groups is 1. The van der Waals surface area contributed by atoms with Crippen LogP contribution in [0.3, 0.4) is 0 Å². The zero-order valence-corrected chi connectivity index (χ0v) is 55.2. The molecule has 6 N–H and O–H groups in total. The Hall–Kier alpha value is -6.51. The number of pyridine rings is 1. The number of carbonyl (C=O) groups is 9. The van der Waals surface area contributed by atoms with Gasteiger partial charge in [-0.2, -0.15) is 23.5 Å². The fourth-order valence-electron chi connectivity index (χ4n) is 10.4. The molecule has 92 heavy (non-hydrogen) atoms. The van der Waals surface area contributed by atoms with E-state index in [1.165, 1.54) is 35.8 Å². The summed E-state index contributed by atoms with van der Waals surface area (Å²) < 4.78 is 45.2. The van der Waals surface area contributed by atoms with E-state index >= 15 is 0 Å². The SMILES string of the molecule is C#C[C@H]1CC(F)(F)CN1C(=O)CNC(=O)c1ccnc2ccc(OCCCN3CCN(C(=O)[C@H](O)CSCCNC(=O)C(CSCCNC(=O)CCCc4ccc(I)cc4)NC(=O)CN4CCN(COC=O)CCN(COC=O)CCN(CC(=O)O)CC4)CC3)cc12. The third-order valence-electron chi connectivity index (χ3n) is 15.4. The third kappa shape index (κ3) is 26.5. The molecular formula is C61H83F2IN12O14S2. The number of carboxylic acids is 1. The number of carbonyl (C=O) groups excluding carboxylic acids is 8. The first kappa shape index (κ1) is 74.5. The van der Waals surface area contributed by atoms with Crippen LogP contribution >= 0.6 is 46.1 Å². The maximum absolute atomic E-state index is 14.0. The summed E-state index contributed by atoms with van der Waals surface area (Å²) in [7, 11) is 0. The first-order chi connectivity index (χ1) is 44.3. The first-order valence-corrected chi connectivity index (χ1v) is 33.8. The number of hydrogen-bond donors (Lipinski definition) is 6. The molecular weight excluding hydrogens is 1350 g/mol. The normalized spacial score (nSPS) is 17.8. The summed E-state index contributed by atoms with van der Waals surface area (Å²) in [6, 6.07) is 12.7. The van der Waals surface area contributed by atoms with Crippen LogP contribution in [0.15, 0.2) is 54.7 Å². The number of fused-ring (bicyclic) bond motifs is 1. The van der Waals surface area contributed by atoms with Crippen molar-refractivity contribution in [1.82, 2.24) is 60.6 Å². The van der Waals surface area contributed by atoms with Crippen molar-refractivity contribution in [1.29, 1.82) is 0 Å². The minimum Gasteiger partial charge on any atom is -0.494 e. The van der Waals surface area contributed by atoms with Crippen LogP contribution in [0.1, 0.15) is 41.6 Å². The van der Waals surface area contributed by atoms with E-state index < -0.39 is 79.1 Å². The number of benzene rings is 2. The Morgan fingerprint density at radius 1 is 0.772 bits per heavy atom. The van der Waals surface area contributed by atoms with Gasteiger partial charge in [-0.3, -0.25) is 72.6 Å². The number of rotatable bonds is 35. The Morgan fingerprint density at radius 3 is 2.03 bits per heavy atom. The molecule has 0 saturated carbocycles. The number of carboxylic acid groups (broad SMARTS) is 1. The van der Waals surface area contributed by atoms with Crippen LogP contribution in [0, 0.1) is 15.9 Å². The molecule has 3 fully saturated rings. The van der Waals surface area contributed by atoms with Gasteiger partial charge in [0.2, 0.25) is 23.6 Å². The van der Waals surface area contributed by atoms with E-state index in [1.54, 1.807) is 28.0 Å². The molecule has 4 heterocycles. The van der Waals surface area contributed by atoms with Gasteiger partial charge in [0.25, 0.3) is 30.7 Å². The van der Waals surface area contributed by atoms with E-state index in [9.17, 15) is 62.1 Å². The molecule has 1 unspecified atom stereocenters. The maximum atomic E-state index is 14.0. The predicted molar refractivity (Wildman–Crippen MR) is 350 cm³/mol. The third-order valence-corrected chi connectivity index (χ3v) is 18.2. The van der Waals surface area contributed by atoms with E-state index in [4.69, 9.17) is 20.6 Å². The highest BCUT2D eigenvalue weighted by Gasteiger charge is 2.46. The molecule has 3 atom stereocenters. The standard InChI is InChI=1S/C61H83F2IN12O14S2/c1-2-47-34-61(62,63)40-76(47)56(82)35-68-58(85)49-13-14-65-51-12-11-48(33-50(49)51)90-30-4-17-70-26-28-75(29-27-70)60(87)53(79)39-92-32-16-67-59(86)52(38-91-31-15-66-54(80)6-3-5-45-7-9-46(64)10-8-45)69-55(81)36-71-18-19-72(37-57(83)84)21-23-74(42-89-44-78)25-24-73(22-20-71)41-88-43-77/h1,7-14,33,43-44,47,52-53,79H,3-6,15-32,34-42H2,(H,66,80)(H,67,86)(H,68,85)(H,69,81)(H,83,84)/t47-,52?,53+/m0/s1. The van der Waals surface area contributed by atoms with Crippen molar-refractivity contribution < 1.29 is 76.4 Å². The molecule has 0 aliphatic carbocycles.